The number of esters is 1. The van der Waals surface area contributed by atoms with E-state index in [1.165, 1.54) is 7.11 Å². The minimum Gasteiger partial charge on any atom is -0.467 e. The third-order valence-electron chi connectivity index (χ3n) is 1.84. The predicted octanol–water partition coefficient (Wildman–Crippen LogP) is -0.302. The maximum atomic E-state index is 10.8. The van der Waals surface area contributed by atoms with Crippen molar-refractivity contribution in [3.8, 4) is 0 Å². The van der Waals surface area contributed by atoms with Gasteiger partial charge in [-0.3, -0.25) is 0 Å². The number of carbonyl (C=O) groups excluding carboxylic acids is 1. The van der Waals surface area contributed by atoms with E-state index < -0.39 is 18.2 Å². The third-order valence-corrected chi connectivity index (χ3v) is 1.84. The lowest BCUT2D eigenvalue weighted by Crippen LogP contribution is -2.21. The molecule has 0 aromatic heterocycles. The summed E-state index contributed by atoms with van der Waals surface area (Å²) in [6.07, 6.45) is -1.04. The zero-order valence-electron chi connectivity index (χ0n) is 6.61. The molecule has 0 radical (unpaired) electrons. The van der Waals surface area contributed by atoms with Gasteiger partial charge in [0, 0.05) is 6.42 Å². The zero-order chi connectivity index (χ0) is 8.43. The second kappa shape index (κ2) is 3.19. The summed E-state index contributed by atoms with van der Waals surface area (Å²) in [5.41, 5.74) is 0. The normalized spacial score (nSPS) is 37.2. The number of ether oxygens (including phenoxy) is 2. The number of carbonyl (C=O) groups is 1. The Kier molecular flexibility index (Phi) is 2.46. The summed E-state index contributed by atoms with van der Waals surface area (Å²) in [6, 6.07) is 0. The molecule has 1 aliphatic rings. The van der Waals surface area contributed by atoms with Crippen molar-refractivity contribution in [1.29, 1.82) is 0 Å². The lowest BCUT2D eigenvalue weighted by Gasteiger charge is -2.07. The van der Waals surface area contributed by atoms with Gasteiger partial charge in [-0.1, -0.05) is 0 Å². The molecule has 0 aromatic rings. The van der Waals surface area contributed by atoms with E-state index in [1.807, 2.05) is 0 Å². The summed E-state index contributed by atoms with van der Waals surface area (Å²) in [5, 5.41) is 9.18. The van der Waals surface area contributed by atoms with E-state index in [4.69, 9.17) is 4.74 Å². The third kappa shape index (κ3) is 1.70. The maximum absolute atomic E-state index is 10.8. The molecule has 11 heavy (non-hydrogen) atoms. The minimum absolute atomic E-state index is 0.265. The van der Waals surface area contributed by atoms with Crippen molar-refractivity contribution < 1.29 is 19.4 Å². The Morgan fingerprint density at radius 1 is 1.73 bits per heavy atom. The van der Waals surface area contributed by atoms with Crippen LogP contribution in [0.3, 0.4) is 0 Å². The molecule has 0 spiro atoms. The Morgan fingerprint density at radius 2 is 2.36 bits per heavy atom. The largest absolute Gasteiger partial charge is 0.467 e. The first-order chi connectivity index (χ1) is 5.15. The first kappa shape index (κ1) is 8.49. The van der Waals surface area contributed by atoms with E-state index >= 15 is 0 Å². The summed E-state index contributed by atoms with van der Waals surface area (Å²) in [6.45, 7) is 1.73. The van der Waals surface area contributed by atoms with Gasteiger partial charge in [0.2, 0.25) is 0 Å². The predicted molar refractivity (Wildman–Crippen MR) is 37.0 cm³/mol. The van der Waals surface area contributed by atoms with Gasteiger partial charge in [-0.25, -0.2) is 4.79 Å². The van der Waals surface area contributed by atoms with Crippen molar-refractivity contribution in [1.82, 2.24) is 0 Å². The molecule has 0 bridgehead atoms. The standard InChI is InChI=1S/C7H12O4/c1-4-5(8)3-6(11-4)7(9)10-2/h4-6,8H,3H2,1-2H3/t4-,5+,6-/m0/s1. The van der Waals surface area contributed by atoms with Crippen molar-refractivity contribution in [2.24, 2.45) is 0 Å². The highest BCUT2D eigenvalue weighted by Gasteiger charge is 2.35. The summed E-state index contributed by atoms with van der Waals surface area (Å²) in [5.74, 6) is -0.409. The Labute approximate surface area is 65.1 Å². The Bertz CT molecular complexity index is 147. The Morgan fingerprint density at radius 3 is 2.73 bits per heavy atom. The minimum atomic E-state index is -0.579. The molecule has 0 unspecified atom stereocenters. The van der Waals surface area contributed by atoms with Gasteiger partial charge < -0.3 is 14.6 Å². The molecule has 64 valence electrons. The molecule has 1 N–H and O–H groups in total. The van der Waals surface area contributed by atoms with Crippen LogP contribution in [-0.4, -0.2) is 36.5 Å². The molecule has 3 atom stereocenters. The summed E-state index contributed by atoms with van der Waals surface area (Å²) in [4.78, 5) is 10.8. The fourth-order valence-corrected chi connectivity index (χ4v) is 1.10. The van der Waals surface area contributed by atoms with Crippen LogP contribution >= 0.6 is 0 Å². The quantitative estimate of drug-likeness (QED) is 0.535. The molecular formula is C7H12O4. The summed E-state index contributed by atoms with van der Waals surface area (Å²) >= 11 is 0. The molecule has 0 aliphatic carbocycles. The van der Waals surface area contributed by atoms with Crippen LogP contribution in [0.1, 0.15) is 13.3 Å². The van der Waals surface area contributed by atoms with E-state index in [0.717, 1.165) is 0 Å². The van der Waals surface area contributed by atoms with Crippen LogP contribution in [0, 0.1) is 0 Å². The first-order valence-electron chi connectivity index (χ1n) is 3.56. The average molecular weight is 160 g/mol. The first-order valence-corrected chi connectivity index (χ1v) is 3.56. The highest BCUT2D eigenvalue weighted by Crippen LogP contribution is 2.20. The van der Waals surface area contributed by atoms with Crippen molar-refractivity contribution in [2.45, 2.75) is 31.7 Å². The molecule has 4 nitrogen and oxygen atoms in total. The number of hydrogen-bond donors (Lipinski definition) is 1. The highest BCUT2D eigenvalue weighted by molar-refractivity contribution is 5.74. The van der Waals surface area contributed by atoms with Crippen LogP contribution in [0.2, 0.25) is 0 Å². The van der Waals surface area contributed by atoms with Crippen molar-refractivity contribution in [3.63, 3.8) is 0 Å². The molecule has 4 heteroatoms. The smallest absolute Gasteiger partial charge is 0.335 e. The molecule has 1 fully saturated rings. The molecule has 0 amide bonds. The molecule has 1 heterocycles. The van der Waals surface area contributed by atoms with Crippen LogP contribution in [0.4, 0.5) is 0 Å². The SMILES string of the molecule is COC(=O)[C@@H]1C[C@@H](O)[C@H](C)O1. The van der Waals surface area contributed by atoms with E-state index in [0.29, 0.717) is 6.42 Å². The molecular weight excluding hydrogens is 148 g/mol. The van der Waals surface area contributed by atoms with Crippen LogP contribution in [-0.2, 0) is 14.3 Å². The van der Waals surface area contributed by atoms with Crippen molar-refractivity contribution in [3.05, 3.63) is 0 Å². The lowest BCUT2D eigenvalue weighted by atomic mass is 10.1. The number of hydrogen-bond acceptors (Lipinski definition) is 4. The number of aliphatic hydroxyl groups excluding tert-OH is 1. The van der Waals surface area contributed by atoms with Gasteiger partial charge in [0.25, 0.3) is 0 Å². The van der Waals surface area contributed by atoms with Gasteiger partial charge >= 0.3 is 5.97 Å². The van der Waals surface area contributed by atoms with Crippen LogP contribution < -0.4 is 0 Å². The van der Waals surface area contributed by atoms with Gasteiger partial charge in [-0.2, -0.15) is 0 Å². The van der Waals surface area contributed by atoms with Gasteiger partial charge in [-0.05, 0) is 6.92 Å². The average Bonchev–Trinajstić information content (AvgIpc) is 2.31. The second-order valence-electron chi connectivity index (χ2n) is 2.66. The molecule has 0 saturated carbocycles. The van der Waals surface area contributed by atoms with Crippen molar-refractivity contribution >= 4 is 5.97 Å². The molecule has 1 aliphatic heterocycles. The van der Waals surface area contributed by atoms with Crippen molar-refractivity contribution in [2.75, 3.05) is 7.11 Å². The van der Waals surface area contributed by atoms with Gasteiger partial charge in [0.15, 0.2) is 6.10 Å². The topological polar surface area (TPSA) is 55.8 Å². The molecule has 1 saturated heterocycles. The van der Waals surface area contributed by atoms with Crippen LogP contribution in [0.25, 0.3) is 0 Å². The summed E-state index contributed by atoms with van der Waals surface area (Å²) in [7, 11) is 1.31. The van der Waals surface area contributed by atoms with Crippen LogP contribution in [0.15, 0.2) is 0 Å². The monoisotopic (exact) mass is 160 g/mol. The fourth-order valence-electron chi connectivity index (χ4n) is 1.10. The molecule has 0 aromatic carbocycles. The van der Waals surface area contributed by atoms with Gasteiger partial charge in [0.05, 0.1) is 19.3 Å². The van der Waals surface area contributed by atoms with E-state index in [2.05, 4.69) is 4.74 Å². The van der Waals surface area contributed by atoms with Gasteiger partial charge in [0.1, 0.15) is 0 Å². The zero-order valence-corrected chi connectivity index (χ0v) is 6.61. The Balaban J connectivity index is 2.46. The second-order valence-corrected chi connectivity index (χ2v) is 2.66. The molecule has 1 rings (SSSR count). The number of rotatable bonds is 1. The Hall–Kier alpha value is -0.610. The maximum Gasteiger partial charge on any atom is 0.335 e. The van der Waals surface area contributed by atoms with Gasteiger partial charge in [-0.15, -0.1) is 0 Å². The summed E-state index contributed by atoms with van der Waals surface area (Å²) < 4.78 is 9.56. The fraction of sp³-hybridized carbons (Fsp3) is 0.857. The number of aliphatic hydroxyl groups is 1. The van der Waals surface area contributed by atoms with E-state index in [-0.39, 0.29) is 6.10 Å². The lowest BCUT2D eigenvalue weighted by molar-refractivity contribution is -0.152. The van der Waals surface area contributed by atoms with E-state index in [9.17, 15) is 9.90 Å². The number of methoxy groups -OCH3 is 1. The van der Waals surface area contributed by atoms with Crippen LogP contribution in [0.5, 0.6) is 0 Å². The highest BCUT2D eigenvalue weighted by atomic mass is 16.6. The van der Waals surface area contributed by atoms with E-state index in [1.54, 1.807) is 6.92 Å².